The molecule has 9 heteroatoms. The van der Waals surface area contributed by atoms with Gasteiger partial charge in [0.15, 0.2) is 11.7 Å². The van der Waals surface area contributed by atoms with Crippen molar-refractivity contribution in [1.29, 1.82) is 0 Å². The molecule has 1 aliphatic heterocycles. The lowest BCUT2D eigenvalue weighted by atomic mass is 9.98. The first-order valence-electron chi connectivity index (χ1n) is 10.1. The van der Waals surface area contributed by atoms with Crippen molar-refractivity contribution in [1.82, 2.24) is 15.5 Å². The summed E-state index contributed by atoms with van der Waals surface area (Å²) in [7, 11) is 0. The molecule has 1 aromatic heterocycles. The second-order valence-corrected chi connectivity index (χ2v) is 6.82. The maximum atomic E-state index is 12.1. The second kappa shape index (κ2) is 13.4. The number of rotatable bonds is 8. The van der Waals surface area contributed by atoms with Gasteiger partial charge in [-0.15, -0.1) is 24.0 Å². The van der Waals surface area contributed by atoms with Crippen LogP contribution in [0.1, 0.15) is 49.2 Å². The van der Waals surface area contributed by atoms with Gasteiger partial charge in [0, 0.05) is 38.3 Å². The summed E-state index contributed by atoms with van der Waals surface area (Å²) in [6.07, 6.45) is 4.02. The van der Waals surface area contributed by atoms with Crippen molar-refractivity contribution in [2.75, 3.05) is 39.3 Å². The Hall–Kier alpha value is -1.78. The number of hydrogen-bond donors (Lipinski definition) is 2. The lowest BCUT2D eigenvalue weighted by Gasteiger charge is -2.34. The number of nitrogens with zero attached hydrogens (tertiary/aromatic N) is 2. The SMILES string of the molecule is CCNC(=NCCCNC(=O)c1occc1C)N1CCCC(C(=O)OCC)C1.I. The zero-order valence-corrected chi connectivity index (χ0v) is 19.9. The van der Waals surface area contributed by atoms with Crippen LogP contribution >= 0.6 is 24.0 Å². The maximum Gasteiger partial charge on any atom is 0.310 e. The van der Waals surface area contributed by atoms with Crippen LogP contribution in [0.2, 0.25) is 0 Å². The maximum absolute atomic E-state index is 12.1. The summed E-state index contributed by atoms with van der Waals surface area (Å²) in [5.74, 6) is 0.735. The van der Waals surface area contributed by atoms with E-state index in [2.05, 4.69) is 20.5 Å². The molecule has 1 aromatic rings. The van der Waals surface area contributed by atoms with Gasteiger partial charge in [-0.2, -0.15) is 0 Å². The van der Waals surface area contributed by atoms with Crippen molar-refractivity contribution >= 4 is 41.8 Å². The molecule has 1 unspecified atom stereocenters. The zero-order valence-electron chi connectivity index (χ0n) is 17.5. The van der Waals surface area contributed by atoms with Crippen LogP contribution in [0.5, 0.6) is 0 Å². The standard InChI is InChI=1S/C20H32N4O4.HI/c1-4-21-20(24-12-6-8-16(14-24)19(26)27-5-2)23-11-7-10-22-18(25)17-15(3)9-13-28-17;/h9,13,16H,4-8,10-12,14H2,1-3H3,(H,21,23)(H,22,25);1H. The van der Waals surface area contributed by atoms with Gasteiger partial charge >= 0.3 is 5.97 Å². The van der Waals surface area contributed by atoms with Crippen molar-refractivity contribution in [3.63, 3.8) is 0 Å². The Bertz CT molecular complexity index is 677. The molecule has 0 saturated carbocycles. The van der Waals surface area contributed by atoms with Crippen LogP contribution in [0.15, 0.2) is 21.7 Å². The number of carbonyl (C=O) groups excluding carboxylic acids is 2. The van der Waals surface area contributed by atoms with Crippen molar-refractivity contribution in [2.45, 2.75) is 40.0 Å². The Labute approximate surface area is 189 Å². The molecule has 29 heavy (non-hydrogen) atoms. The highest BCUT2D eigenvalue weighted by Gasteiger charge is 2.28. The van der Waals surface area contributed by atoms with E-state index < -0.39 is 0 Å². The van der Waals surface area contributed by atoms with Gasteiger partial charge in [0.2, 0.25) is 0 Å². The number of halogens is 1. The highest BCUT2D eigenvalue weighted by atomic mass is 127. The molecule has 2 rings (SSSR count). The van der Waals surface area contributed by atoms with E-state index in [0.29, 0.717) is 32.0 Å². The monoisotopic (exact) mass is 520 g/mol. The predicted octanol–water partition coefficient (Wildman–Crippen LogP) is 2.57. The van der Waals surface area contributed by atoms with Crippen LogP contribution in [0.3, 0.4) is 0 Å². The van der Waals surface area contributed by atoms with E-state index in [1.54, 1.807) is 6.07 Å². The molecule has 0 aliphatic carbocycles. The first-order valence-corrected chi connectivity index (χ1v) is 10.1. The lowest BCUT2D eigenvalue weighted by molar-refractivity contribution is -0.149. The van der Waals surface area contributed by atoms with Crippen LogP contribution in [0.25, 0.3) is 0 Å². The molecule has 2 heterocycles. The largest absolute Gasteiger partial charge is 0.466 e. The molecule has 2 N–H and O–H groups in total. The average Bonchev–Trinajstić information content (AvgIpc) is 3.13. The molecule has 0 spiro atoms. The third-order valence-corrected chi connectivity index (χ3v) is 4.63. The minimum absolute atomic E-state index is 0. The summed E-state index contributed by atoms with van der Waals surface area (Å²) in [5.41, 5.74) is 0.825. The summed E-state index contributed by atoms with van der Waals surface area (Å²) >= 11 is 0. The van der Waals surface area contributed by atoms with Gasteiger partial charge in [0.1, 0.15) is 0 Å². The number of likely N-dealkylation sites (tertiary alicyclic amines) is 1. The Morgan fingerprint density at radius 1 is 1.34 bits per heavy atom. The lowest BCUT2D eigenvalue weighted by Crippen LogP contribution is -2.48. The van der Waals surface area contributed by atoms with Gasteiger partial charge in [-0.3, -0.25) is 14.6 Å². The molecule has 1 aliphatic rings. The molecular weight excluding hydrogens is 487 g/mol. The number of piperidine rings is 1. The van der Waals surface area contributed by atoms with Gasteiger partial charge in [-0.1, -0.05) is 0 Å². The smallest absolute Gasteiger partial charge is 0.310 e. The normalized spacial score (nSPS) is 16.7. The van der Waals surface area contributed by atoms with Crippen molar-refractivity contribution in [3.8, 4) is 0 Å². The summed E-state index contributed by atoms with van der Waals surface area (Å²) < 4.78 is 10.4. The quantitative estimate of drug-likeness (QED) is 0.180. The van der Waals surface area contributed by atoms with Gasteiger partial charge in [-0.05, 0) is 46.1 Å². The third kappa shape index (κ3) is 7.87. The fraction of sp³-hybridized carbons (Fsp3) is 0.650. The fourth-order valence-electron chi connectivity index (χ4n) is 3.20. The summed E-state index contributed by atoms with van der Waals surface area (Å²) in [4.78, 5) is 30.9. The predicted molar refractivity (Wildman–Crippen MR) is 123 cm³/mol. The van der Waals surface area contributed by atoms with E-state index in [0.717, 1.165) is 43.9 Å². The molecule has 8 nitrogen and oxygen atoms in total. The number of nitrogens with one attached hydrogen (secondary N) is 2. The van der Waals surface area contributed by atoms with Gasteiger partial charge < -0.3 is 24.7 Å². The van der Waals surface area contributed by atoms with Crippen molar-refractivity contribution < 1.29 is 18.7 Å². The first-order chi connectivity index (χ1) is 13.6. The molecular formula is C20H33IN4O4. The second-order valence-electron chi connectivity index (χ2n) is 6.82. The number of guanidine groups is 1. The van der Waals surface area contributed by atoms with E-state index in [1.165, 1.54) is 6.26 Å². The minimum atomic E-state index is -0.202. The Balaban J connectivity index is 0.00000420. The number of ether oxygens (including phenoxy) is 1. The minimum Gasteiger partial charge on any atom is -0.466 e. The van der Waals surface area contributed by atoms with E-state index in [-0.39, 0.29) is 41.8 Å². The summed E-state index contributed by atoms with van der Waals surface area (Å²) in [6.45, 7) is 9.46. The topological polar surface area (TPSA) is 96.2 Å². The van der Waals surface area contributed by atoms with Crippen LogP contribution in [-0.4, -0.2) is 62.1 Å². The molecule has 1 amide bonds. The van der Waals surface area contributed by atoms with Crippen LogP contribution in [0, 0.1) is 12.8 Å². The first kappa shape index (κ1) is 25.3. The molecule has 0 aromatic carbocycles. The van der Waals surface area contributed by atoms with E-state index in [4.69, 9.17) is 9.15 Å². The Morgan fingerprint density at radius 3 is 2.79 bits per heavy atom. The van der Waals surface area contributed by atoms with Gasteiger partial charge in [0.05, 0.1) is 18.8 Å². The molecule has 1 atom stereocenters. The number of aryl methyl sites for hydroxylation is 1. The average molecular weight is 520 g/mol. The number of carbonyl (C=O) groups is 2. The highest BCUT2D eigenvalue weighted by molar-refractivity contribution is 14.0. The van der Waals surface area contributed by atoms with E-state index in [1.807, 2.05) is 20.8 Å². The Kier molecular flexibility index (Phi) is 11.7. The van der Waals surface area contributed by atoms with Gasteiger partial charge in [-0.25, -0.2) is 0 Å². The highest BCUT2D eigenvalue weighted by Crippen LogP contribution is 2.18. The zero-order chi connectivity index (χ0) is 20.4. The summed E-state index contributed by atoms with van der Waals surface area (Å²) in [5, 5.41) is 6.14. The van der Waals surface area contributed by atoms with Gasteiger partial charge in [0.25, 0.3) is 5.91 Å². The fourth-order valence-corrected chi connectivity index (χ4v) is 3.20. The number of furan rings is 1. The number of esters is 1. The number of amides is 1. The third-order valence-electron chi connectivity index (χ3n) is 4.63. The van der Waals surface area contributed by atoms with Crippen LogP contribution in [0.4, 0.5) is 0 Å². The molecule has 1 saturated heterocycles. The van der Waals surface area contributed by atoms with E-state index >= 15 is 0 Å². The van der Waals surface area contributed by atoms with E-state index in [9.17, 15) is 9.59 Å². The van der Waals surface area contributed by atoms with Crippen molar-refractivity contribution in [3.05, 3.63) is 23.7 Å². The number of hydrogen-bond acceptors (Lipinski definition) is 5. The van der Waals surface area contributed by atoms with Crippen LogP contribution < -0.4 is 10.6 Å². The molecule has 1 fully saturated rings. The Morgan fingerprint density at radius 2 is 2.14 bits per heavy atom. The molecule has 164 valence electrons. The molecule has 0 radical (unpaired) electrons. The summed E-state index contributed by atoms with van der Waals surface area (Å²) in [6, 6.07) is 1.77. The number of aliphatic imine (C=N–C) groups is 1. The molecule has 0 bridgehead atoms. The van der Waals surface area contributed by atoms with Crippen molar-refractivity contribution in [2.24, 2.45) is 10.9 Å². The van der Waals surface area contributed by atoms with Crippen LogP contribution in [-0.2, 0) is 9.53 Å².